The van der Waals surface area contributed by atoms with Gasteiger partial charge in [0.1, 0.15) is 5.69 Å². The highest BCUT2D eigenvalue weighted by Crippen LogP contribution is 2.25. The Morgan fingerprint density at radius 3 is 2.77 bits per heavy atom. The SMILES string of the molecule is Cl.Cl.O=C(NC1CCCNC1)c1cc(-c2ccco2)nc2ccccc12. The van der Waals surface area contributed by atoms with E-state index in [2.05, 4.69) is 15.6 Å². The normalized spacial score (nSPS) is 16.4. The number of hydrogen-bond donors (Lipinski definition) is 2. The molecule has 0 radical (unpaired) electrons. The first-order valence-corrected chi connectivity index (χ1v) is 8.26. The molecule has 0 spiro atoms. The second-order valence-electron chi connectivity index (χ2n) is 6.07. The molecule has 2 aromatic heterocycles. The van der Waals surface area contributed by atoms with E-state index in [-0.39, 0.29) is 36.8 Å². The van der Waals surface area contributed by atoms with Crippen LogP contribution < -0.4 is 10.6 Å². The molecule has 3 aromatic rings. The van der Waals surface area contributed by atoms with Gasteiger partial charge in [0.05, 0.1) is 17.3 Å². The number of furan rings is 1. The first kappa shape index (κ1) is 20.2. The van der Waals surface area contributed by atoms with Gasteiger partial charge in [0, 0.05) is 18.0 Å². The zero-order chi connectivity index (χ0) is 16.4. The Labute approximate surface area is 164 Å². The molecule has 1 atom stereocenters. The summed E-state index contributed by atoms with van der Waals surface area (Å²) in [4.78, 5) is 17.5. The molecule has 1 unspecified atom stereocenters. The fourth-order valence-corrected chi connectivity index (χ4v) is 3.15. The standard InChI is InChI=1S/C19H19N3O2.2ClH/c23-19(21-13-5-3-9-20-12-13)15-11-17(18-8-4-10-24-18)22-16-7-2-1-6-14(15)16;;/h1-2,4,6-8,10-11,13,20H,3,5,9,12H2,(H,21,23);2*1H. The predicted octanol–water partition coefficient (Wildman–Crippen LogP) is 3.82. The van der Waals surface area contributed by atoms with Gasteiger partial charge in [-0.15, -0.1) is 24.8 Å². The topological polar surface area (TPSA) is 67.2 Å². The molecule has 1 aliphatic rings. The molecule has 138 valence electrons. The van der Waals surface area contributed by atoms with Crippen molar-refractivity contribution >= 4 is 41.6 Å². The third-order valence-corrected chi connectivity index (χ3v) is 4.37. The fraction of sp³-hybridized carbons (Fsp3) is 0.263. The van der Waals surface area contributed by atoms with Gasteiger partial charge in [-0.1, -0.05) is 18.2 Å². The molecule has 3 heterocycles. The van der Waals surface area contributed by atoms with E-state index in [1.807, 2.05) is 42.5 Å². The number of carbonyl (C=O) groups excluding carboxylic acids is 1. The van der Waals surface area contributed by atoms with Gasteiger partial charge in [-0.25, -0.2) is 4.98 Å². The summed E-state index contributed by atoms with van der Waals surface area (Å²) in [5.74, 6) is 0.601. The molecule has 1 aromatic carbocycles. The molecule has 2 N–H and O–H groups in total. The molecule has 0 bridgehead atoms. The lowest BCUT2D eigenvalue weighted by atomic mass is 10.0. The van der Waals surface area contributed by atoms with E-state index in [0.29, 0.717) is 17.0 Å². The fourth-order valence-electron chi connectivity index (χ4n) is 3.15. The number of para-hydroxylation sites is 1. The molecule has 1 aliphatic heterocycles. The lowest BCUT2D eigenvalue weighted by Gasteiger charge is -2.24. The van der Waals surface area contributed by atoms with Gasteiger partial charge >= 0.3 is 0 Å². The molecule has 0 aliphatic carbocycles. The van der Waals surface area contributed by atoms with Crippen LogP contribution in [0.1, 0.15) is 23.2 Å². The molecule has 4 rings (SSSR count). The number of halogens is 2. The van der Waals surface area contributed by atoms with Crippen molar-refractivity contribution in [3.8, 4) is 11.5 Å². The summed E-state index contributed by atoms with van der Waals surface area (Å²) in [6.07, 6.45) is 3.70. The number of rotatable bonds is 3. The second kappa shape index (κ2) is 9.03. The molecule has 7 heteroatoms. The minimum atomic E-state index is -0.0601. The summed E-state index contributed by atoms with van der Waals surface area (Å²) in [5, 5.41) is 7.32. The Bertz CT molecular complexity index is 862. The number of fused-ring (bicyclic) bond motifs is 1. The third kappa shape index (κ3) is 4.18. The summed E-state index contributed by atoms with van der Waals surface area (Å²) in [6.45, 7) is 1.84. The van der Waals surface area contributed by atoms with Crippen molar-refractivity contribution < 1.29 is 9.21 Å². The molecule has 26 heavy (non-hydrogen) atoms. The molecule has 5 nitrogen and oxygen atoms in total. The van der Waals surface area contributed by atoms with Crippen LogP contribution in [0.2, 0.25) is 0 Å². The minimum absolute atomic E-state index is 0. The molecular formula is C19H21Cl2N3O2. The molecule has 1 amide bonds. The second-order valence-corrected chi connectivity index (χ2v) is 6.07. The van der Waals surface area contributed by atoms with Crippen LogP contribution in [0.3, 0.4) is 0 Å². The van der Waals surface area contributed by atoms with Gasteiger partial charge in [-0.2, -0.15) is 0 Å². The van der Waals surface area contributed by atoms with E-state index in [9.17, 15) is 4.79 Å². The summed E-state index contributed by atoms with van der Waals surface area (Å²) >= 11 is 0. The van der Waals surface area contributed by atoms with Gasteiger partial charge in [0.15, 0.2) is 5.76 Å². The average Bonchev–Trinajstić information content (AvgIpc) is 3.16. The van der Waals surface area contributed by atoms with Crippen molar-refractivity contribution in [1.82, 2.24) is 15.6 Å². The van der Waals surface area contributed by atoms with E-state index >= 15 is 0 Å². The van der Waals surface area contributed by atoms with Crippen molar-refractivity contribution in [3.05, 3.63) is 54.3 Å². The molecule has 1 saturated heterocycles. The maximum Gasteiger partial charge on any atom is 0.252 e. The highest BCUT2D eigenvalue weighted by atomic mass is 35.5. The van der Waals surface area contributed by atoms with Crippen LogP contribution in [-0.2, 0) is 0 Å². The van der Waals surface area contributed by atoms with Crippen molar-refractivity contribution in [2.24, 2.45) is 0 Å². The third-order valence-electron chi connectivity index (χ3n) is 4.37. The number of nitrogens with one attached hydrogen (secondary N) is 2. The monoisotopic (exact) mass is 393 g/mol. The largest absolute Gasteiger partial charge is 0.463 e. The number of hydrogen-bond acceptors (Lipinski definition) is 4. The minimum Gasteiger partial charge on any atom is -0.463 e. The molecular weight excluding hydrogens is 373 g/mol. The van der Waals surface area contributed by atoms with Gasteiger partial charge in [-0.3, -0.25) is 4.79 Å². The average molecular weight is 394 g/mol. The lowest BCUT2D eigenvalue weighted by molar-refractivity contribution is 0.0932. The van der Waals surface area contributed by atoms with Crippen molar-refractivity contribution in [3.63, 3.8) is 0 Å². The molecule has 0 saturated carbocycles. The van der Waals surface area contributed by atoms with Crippen LogP contribution in [-0.4, -0.2) is 30.0 Å². The van der Waals surface area contributed by atoms with Crippen molar-refractivity contribution in [2.45, 2.75) is 18.9 Å². The first-order chi connectivity index (χ1) is 11.8. The van der Waals surface area contributed by atoms with Crippen LogP contribution in [0.15, 0.2) is 53.1 Å². The van der Waals surface area contributed by atoms with Gasteiger partial charge < -0.3 is 15.1 Å². The van der Waals surface area contributed by atoms with E-state index < -0.39 is 0 Å². The zero-order valence-electron chi connectivity index (χ0n) is 14.1. The maximum atomic E-state index is 12.9. The van der Waals surface area contributed by atoms with Crippen LogP contribution in [0.4, 0.5) is 0 Å². The zero-order valence-corrected chi connectivity index (χ0v) is 15.7. The maximum absolute atomic E-state index is 12.9. The highest BCUT2D eigenvalue weighted by Gasteiger charge is 2.19. The van der Waals surface area contributed by atoms with E-state index in [0.717, 1.165) is 36.8 Å². The van der Waals surface area contributed by atoms with Crippen LogP contribution in [0, 0.1) is 0 Å². The Kier molecular flexibility index (Phi) is 7.03. The quantitative estimate of drug-likeness (QED) is 0.709. The lowest BCUT2D eigenvalue weighted by Crippen LogP contribution is -2.45. The molecule has 1 fully saturated rings. The Balaban J connectivity index is 0.00000121. The van der Waals surface area contributed by atoms with Gasteiger partial charge in [0.25, 0.3) is 5.91 Å². The van der Waals surface area contributed by atoms with E-state index in [4.69, 9.17) is 4.42 Å². The van der Waals surface area contributed by atoms with Crippen LogP contribution >= 0.6 is 24.8 Å². The van der Waals surface area contributed by atoms with Gasteiger partial charge in [0.2, 0.25) is 0 Å². The highest BCUT2D eigenvalue weighted by molar-refractivity contribution is 6.07. The van der Waals surface area contributed by atoms with E-state index in [1.54, 1.807) is 6.26 Å². The van der Waals surface area contributed by atoms with Crippen molar-refractivity contribution in [1.29, 1.82) is 0 Å². The smallest absolute Gasteiger partial charge is 0.252 e. The number of aromatic nitrogens is 1. The van der Waals surface area contributed by atoms with Crippen LogP contribution in [0.5, 0.6) is 0 Å². The summed E-state index contributed by atoms with van der Waals surface area (Å²) in [7, 11) is 0. The number of piperidine rings is 1. The first-order valence-electron chi connectivity index (χ1n) is 8.26. The number of nitrogens with zero attached hydrogens (tertiary/aromatic N) is 1. The van der Waals surface area contributed by atoms with Crippen molar-refractivity contribution in [2.75, 3.05) is 13.1 Å². The van der Waals surface area contributed by atoms with Crippen LogP contribution in [0.25, 0.3) is 22.4 Å². The number of amides is 1. The Hall–Kier alpha value is -2.08. The van der Waals surface area contributed by atoms with Gasteiger partial charge in [-0.05, 0) is 43.7 Å². The summed E-state index contributed by atoms with van der Waals surface area (Å²) in [5.41, 5.74) is 2.10. The Morgan fingerprint density at radius 1 is 1.19 bits per heavy atom. The number of carbonyl (C=O) groups is 1. The predicted molar refractivity (Wildman–Crippen MR) is 107 cm³/mol. The van der Waals surface area contributed by atoms with E-state index in [1.165, 1.54) is 0 Å². The number of pyridine rings is 1. The summed E-state index contributed by atoms with van der Waals surface area (Å²) in [6, 6.07) is 13.4. The summed E-state index contributed by atoms with van der Waals surface area (Å²) < 4.78 is 5.45. The Morgan fingerprint density at radius 2 is 2.04 bits per heavy atom. The number of benzene rings is 1.